The molecule has 1 aliphatic heterocycles. The molecule has 0 aliphatic carbocycles. The number of aromatic nitrogens is 2. The van der Waals surface area contributed by atoms with Crippen LogP contribution in [-0.2, 0) is 24.3 Å². The molecule has 0 spiro atoms. The molecule has 0 radical (unpaired) electrons. The lowest BCUT2D eigenvalue weighted by Crippen LogP contribution is -2.53. The third-order valence-corrected chi connectivity index (χ3v) is 5.52. The molecule has 0 bridgehead atoms. The van der Waals surface area contributed by atoms with Crippen molar-refractivity contribution in [2.45, 2.75) is 52.7 Å². The number of carbonyl (C=O) groups is 1. The number of fused-ring (bicyclic) bond motifs is 1. The summed E-state index contributed by atoms with van der Waals surface area (Å²) in [7, 11) is 0. The van der Waals surface area contributed by atoms with Crippen molar-refractivity contribution < 1.29 is 9.72 Å². The van der Waals surface area contributed by atoms with E-state index in [1.807, 2.05) is 0 Å². The second kappa shape index (κ2) is 7.71. The van der Waals surface area contributed by atoms with E-state index >= 15 is 0 Å². The predicted molar refractivity (Wildman–Crippen MR) is 106 cm³/mol. The molecule has 3 rings (SSSR count). The van der Waals surface area contributed by atoms with Gasteiger partial charge in [0.1, 0.15) is 17.9 Å². The van der Waals surface area contributed by atoms with Gasteiger partial charge in [0.15, 0.2) is 0 Å². The number of nitro groups is 1. The largest absolute Gasteiger partial charge is 0.353 e. The van der Waals surface area contributed by atoms with Crippen molar-refractivity contribution in [1.82, 2.24) is 20.0 Å². The Hall–Kier alpha value is -2.74. The first-order chi connectivity index (χ1) is 13.2. The minimum Gasteiger partial charge on any atom is -0.353 e. The molecule has 28 heavy (non-hydrogen) atoms. The Bertz CT molecular complexity index is 903. The molecule has 1 aromatic heterocycles. The van der Waals surface area contributed by atoms with Crippen LogP contribution in [0.25, 0.3) is 0 Å². The lowest BCUT2D eigenvalue weighted by atomic mass is 9.94. The van der Waals surface area contributed by atoms with Gasteiger partial charge in [-0.2, -0.15) is 5.10 Å². The van der Waals surface area contributed by atoms with E-state index in [1.54, 1.807) is 13.8 Å². The molecule has 0 unspecified atom stereocenters. The van der Waals surface area contributed by atoms with Crippen LogP contribution < -0.4 is 5.32 Å². The molecule has 1 aliphatic rings. The van der Waals surface area contributed by atoms with E-state index < -0.39 is 4.92 Å². The number of amides is 1. The highest BCUT2D eigenvalue weighted by molar-refractivity contribution is 5.76. The van der Waals surface area contributed by atoms with Crippen LogP contribution in [0.1, 0.15) is 36.4 Å². The number of hydrogen-bond donors (Lipinski definition) is 1. The van der Waals surface area contributed by atoms with E-state index in [9.17, 15) is 14.9 Å². The van der Waals surface area contributed by atoms with Crippen LogP contribution in [0.3, 0.4) is 0 Å². The van der Waals surface area contributed by atoms with Crippen LogP contribution in [0.15, 0.2) is 24.3 Å². The molecule has 150 valence electrons. The Morgan fingerprint density at radius 2 is 1.96 bits per heavy atom. The summed E-state index contributed by atoms with van der Waals surface area (Å²) in [5.41, 5.74) is 3.21. The van der Waals surface area contributed by atoms with Crippen molar-refractivity contribution in [1.29, 1.82) is 0 Å². The first-order valence-corrected chi connectivity index (χ1v) is 9.46. The van der Waals surface area contributed by atoms with Gasteiger partial charge in [-0.25, -0.2) is 0 Å². The Labute approximate surface area is 164 Å². The van der Waals surface area contributed by atoms with Crippen molar-refractivity contribution >= 4 is 11.6 Å². The molecule has 0 saturated heterocycles. The summed E-state index contributed by atoms with van der Waals surface area (Å²) in [4.78, 5) is 25.5. The topological polar surface area (TPSA) is 93.3 Å². The zero-order valence-corrected chi connectivity index (χ0v) is 16.9. The smallest absolute Gasteiger partial charge is 0.312 e. The maximum atomic E-state index is 12.4. The number of nitrogens with zero attached hydrogens (tertiary/aromatic N) is 4. The number of aryl methyl sites for hydroxylation is 1. The minimum absolute atomic E-state index is 0.0277. The van der Waals surface area contributed by atoms with Crippen molar-refractivity contribution in [3.05, 3.63) is 56.9 Å². The molecule has 2 heterocycles. The first-order valence-electron chi connectivity index (χ1n) is 9.46. The van der Waals surface area contributed by atoms with Crippen molar-refractivity contribution in [2.24, 2.45) is 0 Å². The molecule has 1 aromatic carbocycles. The van der Waals surface area contributed by atoms with Gasteiger partial charge >= 0.3 is 5.69 Å². The van der Waals surface area contributed by atoms with Crippen LogP contribution in [0, 0.1) is 24.0 Å². The van der Waals surface area contributed by atoms with E-state index in [0.29, 0.717) is 17.9 Å². The third-order valence-electron chi connectivity index (χ3n) is 5.52. The van der Waals surface area contributed by atoms with E-state index in [0.717, 1.165) is 19.5 Å². The minimum atomic E-state index is -0.455. The number of benzene rings is 1. The Morgan fingerprint density at radius 3 is 2.61 bits per heavy atom. The number of rotatable bonds is 6. The van der Waals surface area contributed by atoms with Crippen molar-refractivity contribution in [3.8, 4) is 0 Å². The highest BCUT2D eigenvalue weighted by Gasteiger charge is 2.30. The van der Waals surface area contributed by atoms with Gasteiger partial charge in [-0.15, -0.1) is 0 Å². The fourth-order valence-electron chi connectivity index (χ4n) is 3.74. The average Bonchev–Trinajstić information content (AvgIpc) is 2.93. The van der Waals surface area contributed by atoms with Gasteiger partial charge in [0.05, 0.1) is 4.92 Å². The quantitative estimate of drug-likeness (QED) is 0.609. The van der Waals surface area contributed by atoms with Gasteiger partial charge in [0.2, 0.25) is 5.91 Å². The van der Waals surface area contributed by atoms with Crippen LogP contribution in [0.2, 0.25) is 0 Å². The van der Waals surface area contributed by atoms with E-state index in [2.05, 4.69) is 53.4 Å². The Balaban J connectivity index is 1.60. The van der Waals surface area contributed by atoms with Crippen molar-refractivity contribution in [3.63, 3.8) is 0 Å². The van der Waals surface area contributed by atoms with Crippen LogP contribution in [-0.4, -0.2) is 44.1 Å². The maximum Gasteiger partial charge on any atom is 0.312 e. The highest BCUT2D eigenvalue weighted by atomic mass is 16.6. The summed E-state index contributed by atoms with van der Waals surface area (Å²) in [6, 6.07) is 8.47. The second-order valence-electron chi connectivity index (χ2n) is 7.96. The molecular formula is C20H27N5O3. The molecule has 1 amide bonds. The van der Waals surface area contributed by atoms with Gasteiger partial charge in [-0.3, -0.25) is 24.5 Å². The van der Waals surface area contributed by atoms with Gasteiger partial charge in [-0.05, 0) is 45.2 Å². The van der Waals surface area contributed by atoms with Gasteiger partial charge in [0.25, 0.3) is 0 Å². The molecule has 1 N–H and O–H groups in total. The number of hydrogen-bond acceptors (Lipinski definition) is 5. The van der Waals surface area contributed by atoms with E-state index in [4.69, 9.17) is 0 Å². The van der Waals surface area contributed by atoms with E-state index in [1.165, 1.54) is 15.8 Å². The second-order valence-corrected chi connectivity index (χ2v) is 7.96. The van der Waals surface area contributed by atoms with Gasteiger partial charge in [0, 0.05) is 25.2 Å². The zero-order chi connectivity index (χ0) is 20.5. The summed E-state index contributed by atoms with van der Waals surface area (Å²) < 4.78 is 1.40. The summed E-state index contributed by atoms with van der Waals surface area (Å²) in [5, 5.41) is 18.2. The summed E-state index contributed by atoms with van der Waals surface area (Å²) in [5.74, 6) is -0.203. The number of carbonyl (C=O) groups excluding carboxylic acids is 1. The molecule has 0 saturated carbocycles. The average molecular weight is 385 g/mol. The zero-order valence-electron chi connectivity index (χ0n) is 16.9. The normalized spacial score (nSPS) is 14.6. The highest BCUT2D eigenvalue weighted by Crippen LogP contribution is 2.25. The SMILES string of the molecule is Cc1nn(CC(=O)NCC(C)(C)N2CCc3ccccc3C2)c(C)c1[N+](=O)[O-]. The molecule has 8 nitrogen and oxygen atoms in total. The summed E-state index contributed by atoms with van der Waals surface area (Å²) in [6.07, 6.45) is 1.00. The fraction of sp³-hybridized carbons (Fsp3) is 0.500. The molecule has 0 atom stereocenters. The van der Waals surface area contributed by atoms with Crippen molar-refractivity contribution in [2.75, 3.05) is 13.1 Å². The molecule has 2 aromatic rings. The van der Waals surface area contributed by atoms with Crippen LogP contribution >= 0.6 is 0 Å². The molecular weight excluding hydrogens is 358 g/mol. The molecule has 0 fully saturated rings. The van der Waals surface area contributed by atoms with Gasteiger partial charge < -0.3 is 5.32 Å². The molecule has 8 heteroatoms. The fourth-order valence-corrected chi connectivity index (χ4v) is 3.74. The standard InChI is InChI=1S/C20H27N5O3/c1-14-19(25(27)28)15(2)24(22-14)12-18(26)21-13-20(3,4)23-10-9-16-7-5-6-8-17(16)11-23/h5-8H,9-13H2,1-4H3,(H,21,26). The third kappa shape index (κ3) is 4.06. The Morgan fingerprint density at radius 1 is 1.29 bits per heavy atom. The van der Waals surface area contributed by atoms with E-state index in [-0.39, 0.29) is 23.7 Å². The predicted octanol–water partition coefficient (Wildman–Crippen LogP) is 2.36. The summed E-state index contributed by atoms with van der Waals surface area (Å²) in [6.45, 7) is 9.71. The van der Waals surface area contributed by atoms with Crippen LogP contribution in [0.4, 0.5) is 5.69 Å². The summed E-state index contributed by atoms with van der Waals surface area (Å²) >= 11 is 0. The number of nitrogens with one attached hydrogen (secondary N) is 1. The lowest BCUT2D eigenvalue weighted by Gasteiger charge is -2.41. The van der Waals surface area contributed by atoms with Gasteiger partial charge in [-0.1, -0.05) is 24.3 Å². The Kier molecular flexibility index (Phi) is 5.51. The lowest BCUT2D eigenvalue weighted by molar-refractivity contribution is -0.386. The first kappa shape index (κ1) is 20.0. The monoisotopic (exact) mass is 385 g/mol. The maximum absolute atomic E-state index is 12.4. The van der Waals surface area contributed by atoms with Crippen LogP contribution in [0.5, 0.6) is 0 Å².